The molecule has 1 saturated carbocycles. The highest BCUT2D eigenvalue weighted by Crippen LogP contribution is 2.31. The Balaban J connectivity index is 1.62. The second-order valence-electron chi connectivity index (χ2n) is 5.14. The van der Waals surface area contributed by atoms with Crippen molar-refractivity contribution in [1.82, 2.24) is 15.5 Å². The van der Waals surface area contributed by atoms with Gasteiger partial charge in [0.25, 0.3) is 0 Å². The van der Waals surface area contributed by atoms with Crippen LogP contribution in [0.25, 0.3) is 0 Å². The van der Waals surface area contributed by atoms with E-state index in [9.17, 15) is 0 Å². The Labute approximate surface area is 117 Å². The fourth-order valence-corrected chi connectivity index (χ4v) is 3.40. The minimum Gasteiger partial charge on any atom is -0.339 e. The Morgan fingerprint density at radius 2 is 2.21 bits per heavy atom. The first-order chi connectivity index (χ1) is 9.35. The van der Waals surface area contributed by atoms with Crippen molar-refractivity contribution in [3.8, 4) is 0 Å². The summed E-state index contributed by atoms with van der Waals surface area (Å²) in [5.41, 5.74) is 0. The van der Waals surface area contributed by atoms with Crippen molar-refractivity contribution in [3.05, 3.63) is 34.1 Å². The van der Waals surface area contributed by atoms with Gasteiger partial charge in [0.1, 0.15) is 0 Å². The van der Waals surface area contributed by atoms with E-state index in [4.69, 9.17) is 4.52 Å². The van der Waals surface area contributed by atoms with Gasteiger partial charge in [-0.1, -0.05) is 11.2 Å². The van der Waals surface area contributed by atoms with E-state index < -0.39 is 0 Å². The fraction of sp³-hybridized carbons (Fsp3) is 0.571. The first kappa shape index (κ1) is 12.8. The number of aromatic nitrogens is 2. The number of nitrogens with one attached hydrogen (secondary N) is 1. The fourth-order valence-electron chi connectivity index (χ4n) is 2.70. The predicted molar refractivity (Wildman–Crippen MR) is 75.5 cm³/mol. The van der Waals surface area contributed by atoms with Crippen LogP contribution in [0, 0.1) is 0 Å². The van der Waals surface area contributed by atoms with E-state index >= 15 is 0 Å². The average Bonchev–Trinajstić information content (AvgIpc) is 3.11. The molecular weight excluding hydrogens is 258 g/mol. The van der Waals surface area contributed by atoms with Crippen LogP contribution in [-0.4, -0.2) is 23.2 Å². The van der Waals surface area contributed by atoms with E-state index in [1.807, 2.05) is 7.05 Å². The zero-order valence-electron chi connectivity index (χ0n) is 11.1. The minimum atomic E-state index is 0.453. The molecule has 0 atom stereocenters. The molecule has 2 aromatic heterocycles. The van der Waals surface area contributed by atoms with Crippen LogP contribution in [0.3, 0.4) is 0 Å². The van der Waals surface area contributed by atoms with Crippen molar-refractivity contribution in [3.63, 3.8) is 0 Å². The highest BCUT2D eigenvalue weighted by molar-refractivity contribution is 7.09. The molecule has 0 unspecified atom stereocenters. The second kappa shape index (κ2) is 5.84. The number of hydrogen-bond acceptors (Lipinski definition) is 5. The molecule has 0 saturated heterocycles. The lowest BCUT2D eigenvalue weighted by Gasteiger charge is -2.25. The van der Waals surface area contributed by atoms with Crippen molar-refractivity contribution in [2.24, 2.45) is 0 Å². The zero-order valence-corrected chi connectivity index (χ0v) is 11.9. The Hall–Kier alpha value is -1.20. The van der Waals surface area contributed by atoms with E-state index in [0.717, 1.165) is 31.0 Å². The largest absolute Gasteiger partial charge is 0.339 e. The van der Waals surface area contributed by atoms with Gasteiger partial charge >= 0.3 is 0 Å². The number of nitrogens with zero attached hydrogens (tertiary/aromatic N) is 2. The molecular formula is C14H19N3OS. The van der Waals surface area contributed by atoms with Crippen LogP contribution in [0.15, 0.2) is 22.0 Å². The molecule has 0 amide bonds. The minimum absolute atomic E-state index is 0.453. The third-order valence-electron chi connectivity index (χ3n) is 3.88. The average molecular weight is 277 g/mol. The first-order valence-corrected chi connectivity index (χ1v) is 7.75. The molecule has 102 valence electrons. The normalized spacial score (nSPS) is 23.6. The molecule has 0 radical (unpaired) electrons. The molecule has 5 heteroatoms. The molecule has 0 aromatic carbocycles. The smallest absolute Gasteiger partial charge is 0.229 e. The molecule has 1 aliphatic carbocycles. The van der Waals surface area contributed by atoms with Crippen molar-refractivity contribution in [2.75, 3.05) is 7.05 Å². The quantitative estimate of drug-likeness (QED) is 0.933. The van der Waals surface area contributed by atoms with E-state index in [0.29, 0.717) is 12.0 Å². The maximum atomic E-state index is 5.44. The van der Waals surface area contributed by atoms with Crippen LogP contribution in [0.5, 0.6) is 0 Å². The molecule has 2 heterocycles. The Kier molecular flexibility index (Phi) is 3.94. The lowest BCUT2D eigenvalue weighted by molar-refractivity contribution is 0.288. The summed E-state index contributed by atoms with van der Waals surface area (Å²) < 4.78 is 5.44. The lowest BCUT2D eigenvalue weighted by atomic mass is 9.86. The summed E-state index contributed by atoms with van der Waals surface area (Å²) in [6.07, 6.45) is 5.47. The standard InChI is InChI=1S/C14H19N3OS/c1-15-11-6-4-10(5-7-11)14-16-13(17-18-14)9-12-3-2-8-19-12/h2-3,8,10-11,15H,4-7,9H2,1H3. The van der Waals surface area contributed by atoms with Gasteiger partial charge in [0.2, 0.25) is 5.89 Å². The highest BCUT2D eigenvalue weighted by atomic mass is 32.1. The van der Waals surface area contributed by atoms with Gasteiger partial charge in [-0.2, -0.15) is 4.98 Å². The third-order valence-corrected chi connectivity index (χ3v) is 4.76. The van der Waals surface area contributed by atoms with Crippen LogP contribution in [0.4, 0.5) is 0 Å². The van der Waals surface area contributed by atoms with Gasteiger partial charge in [-0.05, 0) is 44.2 Å². The topological polar surface area (TPSA) is 51.0 Å². The molecule has 1 N–H and O–H groups in total. The Morgan fingerprint density at radius 3 is 2.89 bits per heavy atom. The molecule has 3 rings (SSSR count). The molecule has 19 heavy (non-hydrogen) atoms. The number of thiophene rings is 1. The van der Waals surface area contributed by atoms with Crippen molar-refractivity contribution < 1.29 is 4.52 Å². The zero-order chi connectivity index (χ0) is 13.1. The summed E-state index contributed by atoms with van der Waals surface area (Å²) in [6, 6.07) is 4.82. The summed E-state index contributed by atoms with van der Waals surface area (Å²) in [6.45, 7) is 0. The highest BCUT2D eigenvalue weighted by Gasteiger charge is 2.25. The van der Waals surface area contributed by atoms with Crippen molar-refractivity contribution >= 4 is 11.3 Å². The molecule has 1 aliphatic rings. The van der Waals surface area contributed by atoms with Crippen LogP contribution in [-0.2, 0) is 6.42 Å². The summed E-state index contributed by atoms with van der Waals surface area (Å²) >= 11 is 1.74. The summed E-state index contributed by atoms with van der Waals surface area (Å²) in [4.78, 5) is 5.85. The van der Waals surface area contributed by atoms with Crippen LogP contribution < -0.4 is 5.32 Å². The SMILES string of the molecule is CNC1CCC(c2nc(Cc3cccs3)no2)CC1. The van der Waals surface area contributed by atoms with Crippen LogP contribution in [0.1, 0.15) is 48.2 Å². The van der Waals surface area contributed by atoms with Crippen LogP contribution in [0.2, 0.25) is 0 Å². The van der Waals surface area contributed by atoms with E-state index in [-0.39, 0.29) is 0 Å². The molecule has 1 fully saturated rings. The number of hydrogen-bond donors (Lipinski definition) is 1. The lowest BCUT2D eigenvalue weighted by Crippen LogP contribution is -2.29. The van der Waals surface area contributed by atoms with Crippen molar-refractivity contribution in [1.29, 1.82) is 0 Å². The van der Waals surface area contributed by atoms with Gasteiger partial charge in [-0.15, -0.1) is 11.3 Å². The van der Waals surface area contributed by atoms with Crippen LogP contribution >= 0.6 is 11.3 Å². The van der Waals surface area contributed by atoms with Gasteiger partial charge in [0.05, 0.1) is 0 Å². The third kappa shape index (κ3) is 3.04. The molecule has 0 spiro atoms. The molecule has 2 aromatic rings. The Morgan fingerprint density at radius 1 is 1.37 bits per heavy atom. The van der Waals surface area contributed by atoms with E-state index in [1.54, 1.807) is 11.3 Å². The van der Waals surface area contributed by atoms with Gasteiger partial charge < -0.3 is 9.84 Å². The summed E-state index contributed by atoms with van der Waals surface area (Å²) in [5, 5.41) is 9.53. The van der Waals surface area contributed by atoms with E-state index in [2.05, 4.69) is 33.0 Å². The monoisotopic (exact) mass is 277 g/mol. The van der Waals surface area contributed by atoms with Gasteiger partial charge in [0.15, 0.2) is 5.82 Å². The second-order valence-corrected chi connectivity index (χ2v) is 6.17. The molecule has 0 bridgehead atoms. The van der Waals surface area contributed by atoms with Gasteiger partial charge in [0, 0.05) is 23.3 Å². The molecule has 4 nitrogen and oxygen atoms in total. The summed E-state index contributed by atoms with van der Waals surface area (Å²) in [7, 11) is 2.04. The predicted octanol–water partition coefficient (Wildman–Crippen LogP) is 2.97. The number of rotatable bonds is 4. The van der Waals surface area contributed by atoms with Gasteiger partial charge in [-0.3, -0.25) is 0 Å². The maximum Gasteiger partial charge on any atom is 0.229 e. The molecule has 0 aliphatic heterocycles. The van der Waals surface area contributed by atoms with E-state index in [1.165, 1.54) is 17.7 Å². The first-order valence-electron chi connectivity index (χ1n) is 6.87. The van der Waals surface area contributed by atoms with Gasteiger partial charge in [-0.25, -0.2) is 0 Å². The van der Waals surface area contributed by atoms with Crippen molar-refractivity contribution in [2.45, 2.75) is 44.1 Å². The Bertz CT molecular complexity index is 501. The maximum absolute atomic E-state index is 5.44. The summed E-state index contributed by atoms with van der Waals surface area (Å²) in [5.74, 6) is 2.10.